The summed E-state index contributed by atoms with van der Waals surface area (Å²) >= 11 is 0. The van der Waals surface area contributed by atoms with Crippen molar-refractivity contribution in [2.75, 3.05) is 0 Å². The van der Waals surface area contributed by atoms with Gasteiger partial charge in [0.05, 0.1) is 6.42 Å². The molecule has 2 heteroatoms. The second kappa shape index (κ2) is 6.08. The zero-order valence-electron chi connectivity index (χ0n) is 6.04. The van der Waals surface area contributed by atoms with Gasteiger partial charge in [-0.3, -0.25) is 0 Å². The summed E-state index contributed by atoms with van der Waals surface area (Å²) in [6.45, 7) is 1.92. The summed E-state index contributed by atoms with van der Waals surface area (Å²) in [5.41, 5.74) is 0. The molecule has 0 saturated heterocycles. The molecule has 2 nitrogen and oxygen atoms in total. The molecule has 10 heavy (non-hydrogen) atoms. The molecule has 0 aliphatic rings. The van der Waals surface area contributed by atoms with Crippen LogP contribution < -0.4 is 0 Å². The smallest absolute Gasteiger partial charge is 0.247 e. The molecule has 0 aromatic carbocycles. The number of allylic oxidation sites excluding steroid dienone is 3. The number of hydrogen-bond donors (Lipinski definition) is 0. The Hall–Kier alpha value is -1.05. The predicted molar refractivity (Wildman–Crippen MR) is 38.9 cm³/mol. The van der Waals surface area contributed by atoms with Crippen LogP contribution in [0, 0.1) is 0 Å². The van der Waals surface area contributed by atoms with E-state index in [1.165, 1.54) is 0 Å². The normalized spacial score (nSPS) is 11.3. The lowest BCUT2D eigenvalue weighted by molar-refractivity contribution is -0.142. The van der Waals surface area contributed by atoms with Gasteiger partial charge in [0, 0.05) is 0 Å². The highest BCUT2D eigenvalue weighted by Crippen LogP contribution is 1.88. The molecule has 55 valence electrons. The van der Waals surface area contributed by atoms with E-state index < -0.39 is 5.97 Å². The average Bonchev–Trinajstić information content (AvgIpc) is 1.87. The van der Waals surface area contributed by atoms with Crippen LogP contribution in [-0.2, 0) is 9.90 Å². The second-order valence-electron chi connectivity index (χ2n) is 1.85. The van der Waals surface area contributed by atoms with Crippen molar-refractivity contribution in [3.05, 3.63) is 24.3 Å². The van der Waals surface area contributed by atoms with Crippen LogP contribution in [0.15, 0.2) is 24.3 Å². The minimum absolute atomic E-state index is 0.0115. The maximum Gasteiger partial charge on any atom is 0.359 e. The van der Waals surface area contributed by atoms with Gasteiger partial charge in [-0.05, 0) is 13.3 Å². The highest BCUT2D eigenvalue weighted by molar-refractivity contribution is 5.68. The molecular formula is C8H11O2. The molecule has 0 aliphatic heterocycles. The van der Waals surface area contributed by atoms with E-state index in [9.17, 15) is 9.90 Å². The Morgan fingerprint density at radius 2 is 2.00 bits per heavy atom. The van der Waals surface area contributed by atoms with Crippen molar-refractivity contribution >= 4 is 5.97 Å². The minimum atomic E-state index is -1.03. The Morgan fingerprint density at radius 1 is 1.30 bits per heavy atom. The Labute approximate surface area is 60.9 Å². The monoisotopic (exact) mass is 139 g/mol. The van der Waals surface area contributed by atoms with E-state index in [2.05, 4.69) is 0 Å². The van der Waals surface area contributed by atoms with Crippen LogP contribution in [0.2, 0.25) is 0 Å². The van der Waals surface area contributed by atoms with E-state index >= 15 is 0 Å². The third-order valence-electron chi connectivity index (χ3n) is 0.959. The third kappa shape index (κ3) is 6.95. The van der Waals surface area contributed by atoms with Crippen molar-refractivity contribution in [3.63, 3.8) is 0 Å². The standard InChI is InChI=1S/C8H11O2/c1-2-3-4-5-6-7-8(9)10/h2-3,5-6H,4,7H2,1H3. The van der Waals surface area contributed by atoms with E-state index in [1.54, 1.807) is 12.2 Å². The van der Waals surface area contributed by atoms with Crippen molar-refractivity contribution in [2.24, 2.45) is 0 Å². The highest BCUT2D eigenvalue weighted by Gasteiger charge is 1.90. The molecule has 0 aromatic rings. The van der Waals surface area contributed by atoms with Gasteiger partial charge < -0.3 is 0 Å². The van der Waals surface area contributed by atoms with Gasteiger partial charge in [0.25, 0.3) is 0 Å². The number of carbonyl (C=O) groups excluding carboxylic acids is 1. The molecule has 0 unspecified atom stereocenters. The van der Waals surface area contributed by atoms with Gasteiger partial charge in [0.1, 0.15) is 0 Å². The highest BCUT2D eigenvalue weighted by atomic mass is 16.4. The van der Waals surface area contributed by atoms with Gasteiger partial charge in [-0.15, -0.1) is 0 Å². The Morgan fingerprint density at radius 3 is 2.50 bits per heavy atom. The van der Waals surface area contributed by atoms with E-state index in [0.29, 0.717) is 0 Å². The molecule has 0 rings (SSSR count). The summed E-state index contributed by atoms with van der Waals surface area (Å²) < 4.78 is 0. The summed E-state index contributed by atoms with van der Waals surface area (Å²) in [6, 6.07) is 0. The fourth-order valence-electron chi connectivity index (χ4n) is 0.490. The Kier molecular flexibility index (Phi) is 5.44. The summed E-state index contributed by atoms with van der Waals surface area (Å²) in [6.07, 6.45) is 8.07. The zero-order valence-corrected chi connectivity index (χ0v) is 6.04. The average molecular weight is 139 g/mol. The maximum absolute atomic E-state index is 9.85. The van der Waals surface area contributed by atoms with Crippen molar-refractivity contribution in [3.8, 4) is 0 Å². The topological polar surface area (TPSA) is 37.0 Å². The van der Waals surface area contributed by atoms with Gasteiger partial charge in [0.2, 0.25) is 0 Å². The quantitative estimate of drug-likeness (QED) is 0.547. The van der Waals surface area contributed by atoms with Crippen LogP contribution in [0.3, 0.4) is 0 Å². The van der Waals surface area contributed by atoms with Crippen LogP contribution in [0.25, 0.3) is 0 Å². The van der Waals surface area contributed by atoms with Gasteiger partial charge in [-0.2, -0.15) is 0 Å². The third-order valence-corrected chi connectivity index (χ3v) is 0.959. The van der Waals surface area contributed by atoms with Gasteiger partial charge >= 0.3 is 5.97 Å². The Balaban J connectivity index is 3.29. The summed E-state index contributed by atoms with van der Waals surface area (Å²) in [7, 11) is 0. The summed E-state index contributed by atoms with van der Waals surface area (Å²) in [4.78, 5) is 9.85. The SMILES string of the molecule is CC=CCC=CCC([O])=O. The lowest BCUT2D eigenvalue weighted by Gasteiger charge is -1.79. The predicted octanol–water partition coefficient (Wildman–Crippen LogP) is 1.86. The molecule has 0 N–H and O–H groups in total. The largest absolute Gasteiger partial charge is 0.359 e. The first-order valence-electron chi connectivity index (χ1n) is 3.23. The van der Waals surface area contributed by atoms with Crippen LogP contribution in [-0.4, -0.2) is 5.97 Å². The lowest BCUT2D eigenvalue weighted by Crippen LogP contribution is -1.86. The first-order valence-corrected chi connectivity index (χ1v) is 3.23. The molecular weight excluding hydrogens is 128 g/mol. The fourth-order valence-corrected chi connectivity index (χ4v) is 0.490. The fraction of sp³-hybridized carbons (Fsp3) is 0.375. The van der Waals surface area contributed by atoms with Crippen LogP contribution in [0.5, 0.6) is 0 Å². The van der Waals surface area contributed by atoms with Crippen LogP contribution >= 0.6 is 0 Å². The lowest BCUT2D eigenvalue weighted by atomic mass is 10.3. The molecule has 0 aromatic heterocycles. The molecule has 0 atom stereocenters. The molecule has 0 bridgehead atoms. The summed E-state index contributed by atoms with van der Waals surface area (Å²) in [5, 5.41) is 9.85. The van der Waals surface area contributed by atoms with Crippen molar-refractivity contribution < 1.29 is 9.90 Å². The van der Waals surface area contributed by atoms with Crippen molar-refractivity contribution in [1.82, 2.24) is 0 Å². The van der Waals surface area contributed by atoms with E-state index in [4.69, 9.17) is 0 Å². The van der Waals surface area contributed by atoms with Gasteiger partial charge in [-0.1, -0.05) is 24.3 Å². The molecule has 1 radical (unpaired) electrons. The van der Waals surface area contributed by atoms with E-state index in [1.807, 2.05) is 19.1 Å². The Bertz CT molecular complexity index is 145. The number of carbonyl (C=O) groups is 1. The molecule has 0 heterocycles. The van der Waals surface area contributed by atoms with E-state index in [-0.39, 0.29) is 6.42 Å². The number of hydrogen-bond acceptors (Lipinski definition) is 1. The number of rotatable bonds is 4. The van der Waals surface area contributed by atoms with Gasteiger partial charge in [0.15, 0.2) is 0 Å². The molecule has 0 amide bonds. The molecule has 0 fully saturated rings. The molecule has 0 saturated carbocycles. The van der Waals surface area contributed by atoms with E-state index in [0.717, 1.165) is 6.42 Å². The molecule has 0 spiro atoms. The maximum atomic E-state index is 9.85. The zero-order chi connectivity index (χ0) is 7.82. The van der Waals surface area contributed by atoms with Crippen molar-refractivity contribution in [1.29, 1.82) is 0 Å². The van der Waals surface area contributed by atoms with Gasteiger partial charge in [-0.25, -0.2) is 9.90 Å². The van der Waals surface area contributed by atoms with Crippen molar-refractivity contribution in [2.45, 2.75) is 19.8 Å². The second-order valence-corrected chi connectivity index (χ2v) is 1.85. The molecule has 0 aliphatic carbocycles. The summed E-state index contributed by atoms with van der Waals surface area (Å²) in [5.74, 6) is -1.03. The van der Waals surface area contributed by atoms with Crippen LogP contribution in [0.4, 0.5) is 0 Å². The minimum Gasteiger partial charge on any atom is -0.247 e. The first kappa shape index (κ1) is 8.95. The first-order chi connectivity index (χ1) is 4.77. The van der Waals surface area contributed by atoms with Crippen LogP contribution in [0.1, 0.15) is 19.8 Å².